The SMILES string of the molecule is CCNC(=NCc1ccc(C(=O)OC)cc1)N1CCN(c2cccs2)CC1.I. The van der Waals surface area contributed by atoms with Crippen LogP contribution in [0.2, 0.25) is 0 Å². The van der Waals surface area contributed by atoms with Crippen LogP contribution in [0.1, 0.15) is 22.8 Å². The van der Waals surface area contributed by atoms with Crippen LogP contribution >= 0.6 is 35.3 Å². The number of benzene rings is 1. The van der Waals surface area contributed by atoms with Gasteiger partial charge in [-0.3, -0.25) is 0 Å². The van der Waals surface area contributed by atoms with Gasteiger partial charge >= 0.3 is 5.97 Å². The fraction of sp³-hybridized carbons (Fsp3) is 0.400. The summed E-state index contributed by atoms with van der Waals surface area (Å²) in [7, 11) is 1.39. The summed E-state index contributed by atoms with van der Waals surface area (Å²) in [6, 6.07) is 11.7. The standard InChI is InChI=1S/C20H26N4O2S.HI/c1-3-21-20(22-15-16-6-8-17(9-7-16)19(25)26-2)24-12-10-23(11-13-24)18-5-4-14-27-18;/h4-9,14H,3,10-13,15H2,1-2H3,(H,21,22);1H. The molecular weight excluding hydrogens is 487 g/mol. The minimum Gasteiger partial charge on any atom is -0.465 e. The van der Waals surface area contributed by atoms with E-state index in [1.807, 2.05) is 12.1 Å². The number of ether oxygens (including phenoxy) is 1. The number of thiophene rings is 1. The zero-order chi connectivity index (χ0) is 19.1. The van der Waals surface area contributed by atoms with E-state index in [1.54, 1.807) is 23.5 Å². The summed E-state index contributed by atoms with van der Waals surface area (Å²) in [6.07, 6.45) is 0. The lowest BCUT2D eigenvalue weighted by Crippen LogP contribution is -2.52. The van der Waals surface area contributed by atoms with Crippen LogP contribution in [0.5, 0.6) is 0 Å². The number of anilines is 1. The summed E-state index contributed by atoms with van der Waals surface area (Å²) in [4.78, 5) is 21.1. The summed E-state index contributed by atoms with van der Waals surface area (Å²) < 4.78 is 4.73. The third-order valence-corrected chi connectivity index (χ3v) is 5.45. The first-order valence-electron chi connectivity index (χ1n) is 9.20. The molecule has 2 heterocycles. The van der Waals surface area contributed by atoms with Crippen LogP contribution in [-0.4, -0.2) is 56.7 Å². The van der Waals surface area contributed by atoms with Crippen molar-refractivity contribution < 1.29 is 9.53 Å². The molecule has 152 valence electrons. The predicted octanol–water partition coefficient (Wildman–Crippen LogP) is 3.44. The highest BCUT2D eigenvalue weighted by Gasteiger charge is 2.20. The van der Waals surface area contributed by atoms with E-state index in [0.717, 1.165) is 44.2 Å². The van der Waals surface area contributed by atoms with Gasteiger partial charge in [-0.25, -0.2) is 9.79 Å². The molecule has 1 fully saturated rings. The number of nitrogens with zero attached hydrogens (tertiary/aromatic N) is 3. The van der Waals surface area contributed by atoms with Gasteiger partial charge in [0, 0.05) is 32.7 Å². The Morgan fingerprint density at radius 2 is 1.89 bits per heavy atom. The Bertz CT molecular complexity index is 757. The van der Waals surface area contributed by atoms with E-state index < -0.39 is 0 Å². The van der Waals surface area contributed by atoms with Gasteiger partial charge in [-0.1, -0.05) is 12.1 Å². The van der Waals surface area contributed by atoms with Crippen molar-refractivity contribution in [3.8, 4) is 0 Å². The molecule has 0 saturated carbocycles. The van der Waals surface area contributed by atoms with E-state index in [2.05, 4.69) is 39.6 Å². The second-order valence-electron chi connectivity index (χ2n) is 6.28. The van der Waals surface area contributed by atoms with Gasteiger partial charge in [-0.15, -0.1) is 35.3 Å². The Hall–Kier alpha value is -1.81. The van der Waals surface area contributed by atoms with Gasteiger partial charge in [-0.05, 0) is 42.1 Å². The first-order chi connectivity index (χ1) is 13.2. The molecule has 1 aliphatic rings. The molecule has 0 radical (unpaired) electrons. The van der Waals surface area contributed by atoms with Crippen molar-refractivity contribution in [1.82, 2.24) is 10.2 Å². The van der Waals surface area contributed by atoms with Gasteiger partial charge in [0.05, 0.1) is 24.2 Å². The third-order valence-electron chi connectivity index (χ3n) is 4.52. The number of carbonyl (C=O) groups is 1. The minimum absolute atomic E-state index is 0. The predicted molar refractivity (Wildman–Crippen MR) is 126 cm³/mol. The van der Waals surface area contributed by atoms with E-state index in [0.29, 0.717) is 12.1 Å². The molecular formula is C20H27IN4O2S. The van der Waals surface area contributed by atoms with Crippen LogP contribution in [0.15, 0.2) is 46.8 Å². The zero-order valence-corrected chi connectivity index (χ0v) is 19.4. The summed E-state index contributed by atoms with van der Waals surface area (Å²) in [6.45, 7) is 7.40. The van der Waals surface area contributed by atoms with Crippen LogP contribution in [0, 0.1) is 0 Å². The average molecular weight is 514 g/mol. The fourth-order valence-corrected chi connectivity index (χ4v) is 3.83. The van der Waals surface area contributed by atoms with Gasteiger partial charge < -0.3 is 19.9 Å². The summed E-state index contributed by atoms with van der Waals surface area (Å²) in [5.41, 5.74) is 1.62. The highest BCUT2D eigenvalue weighted by Crippen LogP contribution is 2.22. The Kier molecular flexibility index (Phi) is 9.04. The number of guanidine groups is 1. The summed E-state index contributed by atoms with van der Waals surface area (Å²) >= 11 is 1.79. The molecule has 0 bridgehead atoms. The van der Waals surface area contributed by atoms with Crippen molar-refractivity contribution in [2.75, 3.05) is 44.7 Å². The number of rotatable bonds is 5. The highest BCUT2D eigenvalue weighted by atomic mass is 127. The number of hydrogen-bond donors (Lipinski definition) is 1. The van der Waals surface area contributed by atoms with Gasteiger partial charge in [-0.2, -0.15) is 0 Å². The average Bonchev–Trinajstić information content (AvgIpc) is 3.26. The highest BCUT2D eigenvalue weighted by molar-refractivity contribution is 14.0. The zero-order valence-electron chi connectivity index (χ0n) is 16.3. The molecule has 1 aromatic heterocycles. The Morgan fingerprint density at radius 1 is 1.18 bits per heavy atom. The number of hydrogen-bond acceptors (Lipinski definition) is 5. The van der Waals surface area contributed by atoms with Crippen molar-refractivity contribution in [1.29, 1.82) is 0 Å². The molecule has 1 N–H and O–H groups in total. The maximum Gasteiger partial charge on any atom is 0.337 e. The lowest BCUT2D eigenvalue weighted by molar-refractivity contribution is 0.0600. The fourth-order valence-electron chi connectivity index (χ4n) is 3.04. The minimum atomic E-state index is -0.318. The molecule has 3 rings (SSSR count). The first-order valence-corrected chi connectivity index (χ1v) is 10.1. The van der Waals surface area contributed by atoms with E-state index in [1.165, 1.54) is 12.1 Å². The molecule has 0 spiro atoms. The number of piperazine rings is 1. The molecule has 1 saturated heterocycles. The van der Waals surface area contributed by atoms with E-state index >= 15 is 0 Å². The number of halogens is 1. The maximum atomic E-state index is 11.5. The van der Waals surface area contributed by atoms with Gasteiger partial charge in [0.15, 0.2) is 5.96 Å². The second kappa shape index (κ2) is 11.3. The molecule has 0 atom stereocenters. The third kappa shape index (κ3) is 5.84. The van der Waals surface area contributed by atoms with Crippen molar-refractivity contribution >= 4 is 52.2 Å². The Labute approximate surface area is 187 Å². The maximum absolute atomic E-state index is 11.5. The topological polar surface area (TPSA) is 57.2 Å². The normalized spacial score (nSPS) is 14.4. The number of nitrogens with one attached hydrogen (secondary N) is 1. The molecule has 0 aliphatic carbocycles. The molecule has 28 heavy (non-hydrogen) atoms. The molecule has 0 amide bonds. The van der Waals surface area contributed by atoms with Crippen molar-refractivity contribution in [2.45, 2.75) is 13.5 Å². The number of carbonyl (C=O) groups excluding carboxylic acids is 1. The van der Waals surface area contributed by atoms with E-state index in [9.17, 15) is 4.79 Å². The largest absolute Gasteiger partial charge is 0.465 e. The molecule has 2 aromatic rings. The lowest BCUT2D eigenvalue weighted by Gasteiger charge is -2.37. The molecule has 1 aliphatic heterocycles. The van der Waals surface area contributed by atoms with Crippen molar-refractivity contribution in [3.05, 3.63) is 52.9 Å². The molecule has 1 aromatic carbocycles. The van der Waals surface area contributed by atoms with Crippen LogP contribution in [0.25, 0.3) is 0 Å². The van der Waals surface area contributed by atoms with Gasteiger partial charge in [0.25, 0.3) is 0 Å². The number of methoxy groups -OCH3 is 1. The van der Waals surface area contributed by atoms with Crippen molar-refractivity contribution in [3.63, 3.8) is 0 Å². The van der Waals surface area contributed by atoms with Crippen LogP contribution in [0.3, 0.4) is 0 Å². The number of aliphatic imine (C=N–C) groups is 1. The van der Waals surface area contributed by atoms with Gasteiger partial charge in [0.1, 0.15) is 0 Å². The Morgan fingerprint density at radius 3 is 2.46 bits per heavy atom. The first kappa shape index (κ1) is 22.5. The molecule has 6 nitrogen and oxygen atoms in total. The van der Waals surface area contributed by atoms with E-state index in [-0.39, 0.29) is 29.9 Å². The monoisotopic (exact) mass is 514 g/mol. The quantitative estimate of drug-likeness (QED) is 0.287. The van der Waals surface area contributed by atoms with Crippen LogP contribution in [0.4, 0.5) is 5.00 Å². The molecule has 0 unspecified atom stereocenters. The van der Waals surface area contributed by atoms with Crippen LogP contribution in [-0.2, 0) is 11.3 Å². The van der Waals surface area contributed by atoms with Crippen LogP contribution < -0.4 is 10.2 Å². The Balaban J connectivity index is 0.00000280. The van der Waals surface area contributed by atoms with Crippen molar-refractivity contribution in [2.24, 2.45) is 4.99 Å². The lowest BCUT2D eigenvalue weighted by atomic mass is 10.1. The van der Waals surface area contributed by atoms with Gasteiger partial charge in [0.2, 0.25) is 0 Å². The second-order valence-corrected chi connectivity index (χ2v) is 7.21. The van der Waals surface area contributed by atoms with E-state index in [4.69, 9.17) is 9.73 Å². The molecule has 8 heteroatoms. The smallest absolute Gasteiger partial charge is 0.337 e. The number of esters is 1. The summed E-state index contributed by atoms with van der Waals surface area (Å²) in [5, 5.41) is 6.86. The summed E-state index contributed by atoms with van der Waals surface area (Å²) in [5.74, 6) is 0.627.